The van der Waals surface area contributed by atoms with Gasteiger partial charge >= 0.3 is 0 Å². The third-order valence-corrected chi connectivity index (χ3v) is 5.92. The van der Waals surface area contributed by atoms with Crippen molar-refractivity contribution in [2.45, 2.75) is 18.8 Å². The molecule has 1 aliphatic carbocycles. The molecule has 26 heavy (non-hydrogen) atoms. The summed E-state index contributed by atoms with van der Waals surface area (Å²) >= 11 is 7.63. The van der Waals surface area contributed by atoms with Crippen molar-refractivity contribution in [1.82, 2.24) is 19.6 Å². The van der Waals surface area contributed by atoms with Crippen LogP contribution in [0.15, 0.2) is 48.0 Å². The van der Waals surface area contributed by atoms with Gasteiger partial charge in [-0.1, -0.05) is 17.7 Å². The van der Waals surface area contributed by atoms with Crippen molar-refractivity contribution >= 4 is 34.5 Å². The molecular formula is C19H13ClN4OS. The number of benzene rings is 1. The molecule has 0 spiro atoms. The zero-order valence-electron chi connectivity index (χ0n) is 13.6. The van der Waals surface area contributed by atoms with Gasteiger partial charge in [0.05, 0.1) is 11.3 Å². The van der Waals surface area contributed by atoms with Gasteiger partial charge in [0.15, 0.2) is 11.6 Å². The van der Waals surface area contributed by atoms with E-state index in [0.29, 0.717) is 28.6 Å². The summed E-state index contributed by atoms with van der Waals surface area (Å²) in [5.74, 6) is 1.39. The minimum Gasteiger partial charge on any atom is -0.294 e. The second-order valence-corrected chi connectivity index (χ2v) is 7.75. The van der Waals surface area contributed by atoms with E-state index in [4.69, 9.17) is 11.6 Å². The molecule has 1 aromatic carbocycles. The van der Waals surface area contributed by atoms with Crippen LogP contribution in [0.2, 0.25) is 5.02 Å². The predicted octanol–water partition coefficient (Wildman–Crippen LogP) is 4.42. The summed E-state index contributed by atoms with van der Waals surface area (Å²) in [5.41, 5.74) is 2.32. The lowest BCUT2D eigenvalue weighted by atomic mass is 9.86. The van der Waals surface area contributed by atoms with E-state index in [1.807, 2.05) is 23.6 Å². The third-order valence-electron chi connectivity index (χ3n) is 4.63. The number of carbonyl (C=O) groups is 1. The molecule has 3 heterocycles. The summed E-state index contributed by atoms with van der Waals surface area (Å²) in [4.78, 5) is 23.0. The van der Waals surface area contributed by atoms with Crippen LogP contribution in [0, 0.1) is 0 Å². The molecule has 4 aromatic rings. The second-order valence-electron chi connectivity index (χ2n) is 6.33. The molecule has 0 amide bonds. The highest BCUT2D eigenvalue weighted by molar-refractivity contribution is 7.10. The Morgan fingerprint density at radius 3 is 2.73 bits per heavy atom. The van der Waals surface area contributed by atoms with Gasteiger partial charge in [-0.25, -0.2) is 9.50 Å². The number of hydrogen-bond donors (Lipinski definition) is 0. The number of ketones is 1. The number of rotatable bonds is 2. The first kappa shape index (κ1) is 15.7. The van der Waals surface area contributed by atoms with E-state index in [9.17, 15) is 4.79 Å². The summed E-state index contributed by atoms with van der Waals surface area (Å²) < 4.78 is 1.59. The van der Waals surface area contributed by atoms with E-state index in [2.05, 4.69) is 21.1 Å². The minimum atomic E-state index is 0.114. The fraction of sp³-hybridized carbons (Fsp3) is 0.158. The van der Waals surface area contributed by atoms with Crippen LogP contribution in [-0.4, -0.2) is 25.4 Å². The maximum atomic E-state index is 12.6. The average molecular weight is 381 g/mol. The highest BCUT2D eigenvalue weighted by atomic mass is 35.5. The van der Waals surface area contributed by atoms with Crippen LogP contribution in [0.1, 0.15) is 33.3 Å². The van der Waals surface area contributed by atoms with Crippen molar-refractivity contribution in [3.05, 3.63) is 69.1 Å². The summed E-state index contributed by atoms with van der Waals surface area (Å²) in [7, 11) is 0. The van der Waals surface area contributed by atoms with Gasteiger partial charge in [0.1, 0.15) is 0 Å². The van der Waals surface area contributed by atoms with E-state index >= 15 is 0 Å². The van der Waals surface area contributed by atoms with E-state index in [1.54, 1.807) is 34.2 Å². The van der Waals surface area contributed by atoms with Crippen molar-refractivity contribution in [3.63, 3.8) is 0 Å². The van der Waals surface area contributed by atoms with Crippen molar-refractivity contribution in [3.8, 4) is 11.4 Å². The Hall–Kier alpha value is -2.57. The SMILES string of the molecule is O=C1C[C@H](c2cccs2)Cc2nc3nc(-c4ccc(Cl)cc4)nn3cc21. The van der Waals surface area contributed by atoms with Gasteiger partial charge in [-0.05, 0) is 42.1 Å². The van der Waals surface area contributed by atoms with Crippen LogP contribution in [0.4, 0.5) is 0 Å². The number of nitrogens with zero attached hydrogens (tertiary/aromatic N) is 4. The first-order chi connectivity index (χ1) is 12.7. The van der Waals surface area contributed by atoms with Gasteiger partial charge in [0.25, 0.3) is 5.78 Å². The number of carbonyl (C=O) groups excluding carboxylic acids is 1. The molecule has 0 N–H and O–H groups in total. The van der Waals surface area contributed by atoms with E-state index in [-0.39, 0.29) is 11.7 Å². The number of Topliss-reactive ketones (excluding diaryl/α,β-unsaturated/α-hetero) is 1. The van der Waals surface area contributed by atoms with Crippen LogP contribution in [0.25, 0.3) is 17.2 Å². The molecule has 5 rings (SSSR count). The molecule has 0 aliphatic heterocycles. The highest BCUT2D eigenvalue weighted by Crippen LogP contribution is 2.34. The monoisotopic (exact) mass is 380 g/mol. The van der Waals surface area contributed by atoms with Gasteiger partial charge in [-0.15, -0.1) is 16.4 Å². The molecule has 7 heteroatoms. The number of thiophene rings is 1. The van der Waals surface area contributed by atoms with E-state index < -0.39 is 0 Å². The Kier molecular flexibility index (Phi) is 3.62. The highest BCUT2D eigenvalue weighted by Gasteiger charge is 2.29. The molecule has 5 nitrogen and oxygen atoms in total. The van der Waals surface area contributed by atoms with Gasteiger partial charge < -0.3 is 0 Å². The number of hydrogen-bond acceptors (Lipinski definition) is 5. The number of halogens is 1. The van der Waals surface area contributed by atoms with Crippen molar-refractivity contribution in [2.75, 3.05) is 0 Å². The van der Waals surface area contributed by atoms with Crippen LogP contribution >= 0.6 is 22.9 Å². The smallest absolute Gasteiger partial charge is 0.252 e. The Morgan fingerprint density at radius 1 is 1.12 bits per heavy atom. The number of aromatic nitrogens is 4. The molecule has 0 radical (unpaired) electrons. The van der Waals surface area contributed by atoms with E-state index in [1.165, 1.54) is 4.88 Å². The van der Waals surface area contributed by atoms with Gasteiger partial charge in [0, 0.05) is 34.0 Å². The lowest BCUT2D eigenvalue weighted by Crippen LogP contribution is -2.20. The lowest BCUT2D eigenvalue weighted by Gasteiger charge is -2.21. The first-order valence-electron chi connectivity index (χ1n) is 8.26. The van der Waals surface area contributed by atoms with Crippen molar-refractivity contribution in [2.24, 2.45) is 0 Å². The molecule has 3 aromatic heterocycles. The third kappa shape index (κ3) is 2.62. The normalized spacial score (nSPS) is 16.8. The molecular weight excluding hydrogens is 368 g/mol. The van der Waals surface area contributed by atoms with Crippen molar-refractivity contribution in [1.29, 1.82) is 0 Å². The minimum absolute atomic E-state index is 0.114. The van der Waals surface area contributed by atoms with Gasteiger partial charge in [0.2, 0.25) is 0 Å². The van der Waals surface area contributed by atoms with Crippen LogP contribution < -0.4 is 0 Å². The molecule has 0 saturated carbocycles. The predicted molar refractivity (Wildman–Crippen MR) is 101 cm³/mol. The van der Waals surface area contributed by atoms with Crippen LogP contribution in [-0.2, 0) is 6.42 Å². The standard InChI is InChI=1S/C19H13ClN4OS/c20-13-5-3-11(4-6-13)18-22-19-21-15-8-12(17-2-1-7-26-17)9-16(25)14(15)10-24(19)23-18/h1-7,10,12H,8-9H2/t12-/m1/s1. The molecule has 0 fully saturated rings. The van der Waals surface area contributed by atoms with Crippen LogP contribution in [0.5, 0.6) is 0 Å². The molecule has 0 unspecified atom stereocenters. The average Bonchev–Trinajstić information content (AvgIpc) is 3.30. The fourth-order valence-corrected chi connectivity index (χ4v) is 4.29. The topological polar surface area (TPSA) is 60.2 Å². The Bertz CT molecular complexity index is 1120. The second kappa shape index (κ2) is 6.00. The Balaban J connectivity index is 1.57. The quantitative estimate of drug-likeness (QED) is 0.516. The molecule has 128 valence electrons. The summed E-state index contributed by atoms with van der Waals surface area (Å²) in [5, 5.41) is 7.18. The molecule has 1 aliphatic rings. The summed E-state index contributed by atoms with van der Waals surface area (Å²) in [6.45, 7) is 0. The molecule has 0 saturated heterocycles. The Labute approximate surface area is 158 Å². The van der Waals surface area contributed by atoms with Crippen LogP contribution in [0.3, 0.4) is 0 Å². The summed E-state index contributed by atoms with van der Waals surface area (Å²) in [6, 6.07) is 11.5. The summed E-state index contributed by atoms with van der Waals surface area (Å²) in [6.07, 6.45) is 3.03. The van der Waals surface area contributed by atoms with Gasteiger partial charge in [-0.3, -0.25) is 4.79 Å². The molecule has 0 bridgehead atoms. The fourth-order valence-electron chi connectivity index (χ4n) is 3.33. The molecule has 1 atom stereocenters. The first-order valence-corrected chi connectivity index (χ1v) is 9.52. The largest absolute Gasteiger partial charge is 0.294 e. The van der Waals surface area contributed by atoms with Crippen molar-refractivity contribution < 1.29 is 4.79 Å². The maximum Gasteiger partial charge on any atom is 0.252 e. The zero-order chi connectivity index (χ0) is 17.7. The van der Waals surface area contributed by atoms with E-state index in [0.717, 1.165) is 17.7 Å². The Morgan fingerprint density at radius 2 is 1.96 bits per heavy atom. The van der Waals surface area contributed by atoms with Gasteiger partial charge in [-0.2, -0.15) is 4.98 Å². The zero-order valence-corrected chi connectivity index (χ0v) is 15.2. The lowest BCUT2D eigenvalue weighted by molar-refractivity contribution is 0.0963. The number of fused-ring (bicyclic) bond motifs is 2. The maximum absolute atomic E-state index is 12.6.